The van der Waals surface area contributed by atoms with E-state index in [1.165, 1.54) is 18.4 Å². The number of ether oxygens (including phenoxy) is 2. The predicted octanol–water partition coefficient (Wildman–Crippen LogP) is 2.31. The Morgan fingerprint density at radius 1 is 1.07 bits per heavy atom. The SMILES string of the molecule is CS(=O)(=O)c1ccc(CN2C[C@@H]3OCC(Nc4cccc(F)c4)CO[C@H]3C2)cc1. The van der Waals surface area contributed by atoms with Gasteiger partial charge < -0.3 is 14.8 Å². The van der Waals surface area contributed by atoms with Gasteiger partial charge in [0.05, 0.1) is 36.4 Å². The first-order chi connectivity index (χ1) is 13.9. The van der Waals surface area contributed by atoms with Gasteiger partial charge in [0.1, 0.15) is 5.82 Å². The predicted molar refractivity (Wildman–Crippen MR) is 108 cm³/mol. The zero-order valence-corrected chi connectivity index (χ0v) is 17.1. The minimum Gasteiger partial charge on any atom is -0.378 e. The second kappa shape index (κ2) is 8.39. The maximum atomic E-state index is 13.4. The first-order valence-corrected chi connectivity index (χ1v) is 11.5. The van der Waals surface area contributed by atoms with Crippen molar-refractivity contribution in [1.82, 2.24) is 4.90 Å². The number of halogens is 1. The summed E-state index contributed by atoms with van der Waals surface area (Å²) in [4.78, 5) is 2.59. The molecule has 0 saturated carbocycles. The second-order valence-corrected chi connectivity index (χ2v) is 9.72. The molecule has 6 nitrogen and oxygen atoms in total. The lowest BCUT2D eigenvalue weighted by Gasteiger charge is -2.20. The van der Waals surface area contributed by atoms with Crippen LogP contribution in [0.5, 0.6) is 0 Å². The Labute approximate surface area is 170 Å². The molecule has 0 bridgehead atoms. The van der Waals surface area contributed by atoms with Crippen molar-refractivity contribution in [3.05, 3.63) is 59.9 Å². The van der Waals surface area contributed by atoms with Crippen molar-refractivity contribution in [3.63, 3.8) is 0 Å². The van der Waals surface area contributed by atoms with E-state index in [9.17, 15) is 12.8 Å². The van der Waals surface area contributed by atoms with Crippen molar-refractivity contribution < 1.29 is 22.3 Å². The molecule has 1 N–H and O–H groups in total. The summed E-state index contributed by atoms with van der Waals surface area (Å²) in [6.45, 7) is 3.22. The smallest absolute Gasteiger partial charge is 0.175 e. The molecule has 4 rings (SSSR count). The van der Waals surface area contributed by atoms with Crippen LogP contribution in [0.1, 0.15) is 5.56 Å². The summed E-state index contributed by atoms with van der Waals surface area (Å²) in [5, 5.41) is 3.27. The molecule has 2 aromatic carbocycles. The number of nitrogens with zero attached hydrogens (tertiary/aromatic N) is 1. The van der Waals surface area contributed by atoms with Gasteiger partial charge in [-0.1, -0.05) is 18.2 Å². The molecule has 156 valence electrons. The lowest BCUT2D eigenvalue weighted by Crippen LogP contribution is -2.31. The van der Waals surface area contributed by atoms with Crippen molar-refractivity contribution in [2.45, 2.75) is 29.7 Å². The average molecular weight is 421 g/mol. The van der Waals surface area contributed by atoms with Crippen LogP contribution in [0.15, 0.2) is 53.4 Å². The van der Waals surface area contributed by atoms with E-state index in [-0.39, 0.29) is 24.1 Å². The lowest BCUT2D eigenvalue weighted by molar-refractivity contribution is -0.00461. The second-order valence-electron chi connectivity index (χ2n) is 7.71. The van der Waals surface area contributed by atoms with E-state index in [1.54, 1.807) is 18.2 Å². The molecule has 0 spiro atoms. The highest BCUT2D eigenvalue weighted by molar-refractivity contribution is 7.90. The summed E-state index contributed by atoms with van der Waals surface area (Å²) >= 11 is 0. The highest BCUT2D eigenvalue weighted by Crippen LogP contribution is 2.23. The fourth-order valence-electron chi connectivity index (χ4n) is 3.79. The topological polar surface area (TPSA) is 67.9 Å². The average Bonchev–Trinajstić information content (AvgIpc) is 2.96. The first kappa shape index (κ1) is 20.3. The van der Waals surface area contributed by atoms with Crippen LogP contribution in [0.4, 0.5) is 10.1 Å². The molecule has 8 heteroatoms. The summed E-state index contributed by atoms with van der Waals surface area (Å²) < 4.78 is 48.7. The van der Waals surface area contributed by atoms with Crippen LogP contribution in [0.2, 0.25) is 0 Å². The van der Waals surface area contributed by atoms with Crippen LogP contribution < -0.4 is 5.32 Å². The molecular formula is C21H25FN2O4S. The number of benzene rings is 2. The van der Waals surface area contributed by atoms with Crippen LogP contribution in [0.3, 0.4) is 0 Å². The first-order valence-electron chi connectivity index (χ1n) is 9.63. The molecule has 2 atom stereocenters. The molecule has 2 aliphatic heterocycles. The Morgan fingerprint density at radius 3 is 2.31 bits per heavy atom. The van der Waals surface area contributed by atoms with Crippen LogP contribution in [0.25, 0.3) is 0 Å². The molecular weight excluding hydrogens is 395 g/mol. The van der Waals surface area contributed by atoms with Crippen molar-refractivity contribution in [1.29, 1.82) is 0 Å². The van der Waals surface area contributed by atoms with Gasteiger partial charge in [0, 0.05) is 31.6 Å². The number of hydrogen-bond acceptors (Lipinski definition) is 6. The van der Waals surface area contributed by atoms with Crippen molar-refractivity contribution in [3.8, 4) is 0 Å². The number of fused-ring (bicyclic) bond motifs is 1. The normalized spacial score (nSPS) is 23.5. The van der Waals surface area contributed by atoms with Gasteiger partial charge in [-0.15, -0.1) is 0 Å². The monoisotopic (exact) mass is 420 g/mol. The highest BCUT2D eigenvalue weighted by atomic mass is 32.2. The zero-order chi connectivity index (χ0) is 20.4. The largest absolute Gasteiger partial charge is 0.378 e. The summed E-state index contributed by atoms with van der Waals surface area (Å²) in [5.74, 6) is -0.275. The van der Waals surface area contributed by atoms with Crippen molar-refractivity contribution in [2.24, 2.45) is 0 Å². The molecule has 2 saturated heterocycles. The minimum absolute atomic E-state index is 0.00963. The van der Waals surface area contributed by atoms with E-state index in [0.717, 1.165) is 18.7 Å². The summed E-state index contributed by atoms with van der Waals surface area (Å²) in [6, 6.07) is 13.3. The Bertz CT molecular complexity index is 935. The van der Waals surface area contributed by atoms with Gasteiger partial charge in [-0.25, -0.2) is 12.8 Å². The van der Waals surface area contributed by atoms with Crippen LogP contribution in [-0.4, -0.2) is 64.1 Å². The Hall–Kier alpha value is -2.00. The Kier molecular flexibility index (Phi) is 5.87. The molecule has 0 aliphatic carbocycles. The van der Waals surface area contributed by atoms with E-state index >= 15 is 0 Å². The van der Waals surface area contributed by atoms with Crippen LogP contribution >= 0.6 is 0 Å². The number of hydrogen-bond donors (Lipinski definition) is 1. The quantitative estimate of drug-likeness (QED) is 0.801. The number of likely N-dealkylation sites (tertiary alicyclic amines) is 1. The van der Waals surface area contributed by atoms with Crippen LogP contribution in [0, 0.1) is 5.82 Å². The molecule has 0 aromatic heterocycles. The number of nitrogens with one attached hydrogen (secondary N) is 1. The van der Waals surface area contributed by atoms with Gasteiger partial charge in [0.25, 0.3) is 0 Å². The van der Waals surface area contributed by atoms with Crippen molar-refractivity contribution >= 4 is 15.5 Å². The maximum Gasteiger partial charge on any atom is 0.175 e. The molecule has 2 heterocycles. The minimum atomic E-state index is -3.18. The van der Waals surface area contributed by atoms with E-state index in [1.807, 2.05) is 18.2 Å². The fraction of sp³-hybridized carbons (Fsp3) is 0.429. The Morgan fingerprint density at radius 2 is 1.72 bits per heavy atom. The molecule has 2 fully saturated rings. The number of rotatable bonds is 5. The standard InChI is InChI=1S/C21H25FN2O4S/c1-29(25,26)19-7-5-15(6-8-19)10-24-11-20-21(12-24)28-14-18(13-27-20)23-17-4-2-3-16(22)9-17/h2-9,18,20-21,23H,10-14H2,1H3/t20-,21-/m0/s1. The van der Waals surface area contributed by atoms with Gasteiger partial charge in [-0.05, 0) is 35.9 Å². The van der Waals surface area contributed by atoms with E-state index in [0.29, 0.717) is 30.3 Å². The number of anilines is 1. The van der Waals surface area contributed by atoms with E-state index in [4.69, 9.17) is 9.47 Å². The summed E-state index contributed by atoms with van der Waals surface area (Å²) in [5.41, 5.74) is 1.77. The van der Waals surface area contributed by atoms with Gasteiger partial charge >= 0.3 is 0 Å². The third-order valence-electron chi connectivity index (χ3n) is 5.27. The maximum absolute atomic E-state index is 13.4. The van der Waals surface area contributed by atoms with Gasteiger partial charge in [-0.3, -0.25) is 4.90 Å². The zero-order valence-electron chi connectivity index (χ0n) is 16.3. The summed E-state index contributed by atoms with van der Waals surface area (Å²) in [7, 11) is -3.18. The van der Waals surface area contributed by atoms with Gasteiger partial charge in [0.15, 0.2) is 9.84 Å². The van der Waals surface area contributed by atoms with Crippen molar-refractivity contribution in [2.75, 3.05) is 37.9 Å². The molecule has 0 unspecified atom stereocenters. The van der Waals surface area contributed by atoms with Gasteiger partial charge in [0.2, 0.25) is 0 Å². The van der Waals surface area contributed by atoms with Crippen LogP contribution in [-0.2, 0) is 25.9 Å². The number of sulfone groups is 1. The molecule has 29 heavy (non-hydrogen) atoms. The third kappa shape index (κ3) is 5.14. The lowest BCUT2D eigenvalue weighted by atomic mass is 10.2. The molecule has 2 aliphatic rings. The fourth-order valence-corrected chi connectivity index (χ4v) is 4.42. The summed E-state index contributed by atoms with van der Waals surface area (Å²) in [6.07, 6.45) is 1.19. The molecule has 0 amide bonds. The third-order valence-corrected chi connectivity index (χ3v) is 6.40. The Balaban J connectivity index is 1.30. The van der Waals surface area contributed by atoms with Gasteiger partial charge in [-0.2, -0.15) is 0 Å². The highest BCUT2D eigenvalue weighted by Gasteiger charge is 2.37. The molecule has 2 aromatic rings. The van der Waals surface area contributed by atoms with E-state index in [2.05, 4.69) is 10.2 Å². The molecule has 0 radical (unpaired) electrons. The van der Waals surface area contributed by atoms with E-state index < -0.39 is 9.84 Å².